The van der Waals surface area contributed by atoms with Gasteiger partial charge in [0.1, 0.15) is 0 Å². The van der Waals surface area contributed by atoms with Crippen molar-refractivity contribution in [2.45, 2.75) is 53.4 Å². The van der Waals surface area contributed by atoms with E-state index in [2.05, 4.69) is 27.7 Å². The van der Waals surface area contributed by atoms with Gasteiger partial charge in [0, 0.05) is 12.2 Å². The van der Waals surface area contributed by atoms with Crippen LogP contribution in [0.5, 0.6) is 0 Å². The van der Waals surface area contributed by atoms with E-state index in [9.17, 15) is 9.59 Å². The highest BCUT2D eigenvalue weighted by Crippen LogP contribution is 2.12. The summed E-state index contributed by atoms with van der Waals surface area (Å²) in [4.78, 5) is 19.1. The summed E-state index contributed by atoms with van der Waals surface area (Å²) < 4.78 is 1.38. The second-order valence-electron chi connectivity index (χ2n) is 5.25. The molecule has 0 aromatic carbocycles. The molecule has 0 aromatic rings. The molecule has 5 heteroatoms. The quantitative estimate of drug-likeness (QED) is 0.480. The number of hydrogen-bond acceptors (Lipinski definition) is 2. The molecule has 0 unspecified atom stereocenters. The molecular weight excluding hydrogens is 270 g/mol. The van der Waals surface area contributed by atoms with Crippen molar-refractivity contribution in [3.05, 3.63) is 12.2 Å². The second kappa shape index (κ2) is 13.6. The normalized spacial score (nSPS) is 11.0. The van der Waals surface area contributed by atoms with Gasteiger partial charge in [0.25, 0.3) is 0 Å². The Morgan fingerprint density at radius 2 is 0.952 bits per heavy atom. The topological polar surface area (TPSA) is 74.6 Å². The van der Waals surface area contributed by atoms with Gasteiger partial charge in [-0.15, -0.1) is 0 Å². The van der Waals surface area contributed by atoms with Crippen LogP contribution in [0.4, 0.5) is 0 Å². The highest BCUT2D eigenvalue weighted by Gasteiger charge is 2.22. The van der Waals surface area contributed by atoms with Gasteiger partial charge in [-0.05, 0) is 25.7 Å². The van der Waals surface area contributed by atoms with Gasteiger partial charge in [-0.2, -0.15) is 0 Å². The summed E-state index contributed by atoms with van der Waals surface area (Å²) in [6.45, 7) is 14.8. The third kappa shape index (κ3) is 13.4. The van der Waals surface area contributed by atoms with Crippen molar-refractivity contribution in [1.29, 1.82) is 0 Å². The van der Waals surface area contributed by atoms with E-state index in [0.717, 1.165) is 0 Å². The van der Waals surface area contributed by atoms with Crippen LogP contribution >= 0.6 is 0 Å². The first-order valence-electron chi connectivity index (χ1n) is 7.86. The van der Waals surface area contributed by atoms with Gasteiger partial charge >= 0.3 is 11.9 Å². The Labute approximate surface area is 128 Å². The summed E-state index contributed by atoms with van der Waals surface area (Å²) in [7, 11) is 0. The van der Waals surface area contributed by atoms with Crippen LogP contribution in [0.25, 0.3) is 0 Å². The van der Waals surface area contributed by atoms with Crippen LogP contribution in [-0.4, -0.2) is 52.8 Å². The lowest BCUT2D eigenvalue weighted by molar-refractivity contribution is -0.928. The molecule has 21 heavy (non-hydrogen) atoms. The number of nitrogens with zero attached hydrogens (tertiary/aromatic N) is 1. The summed E-state index contributed by atoms with van der Waals surface area (Å²) in [6, 6.07) is 0. The summed E-state index contributed by atoms with van der Waals surface area (Å²) in [5, 5.41) is 15.6. The first kappa shape index (κ1) is 21.9. The summed E-state index contributed by atoms with van der Waals surface area (Å²) in [5.74, 6) is -2.51. The number of quaternary nitrogens is 1. The zero-order valence-corrected chi connectivity index (χ0v) is 14.0. The van der Waals surface area contributed by atoms with Crippen molar-refractivity contribution >= 4 is 11.9 Å². The Morgan fingerprint density at radius 1 is 0.714 bits per heavy atom. The molecular formula is C16H32NO4+. The van der Waals surface area contributed by atoms with Crippen molar-refractivity contribution in [3.63, 3.8) is 0 Å². The van der Waals surface area contributed by atoms with Crippen molar-refractivity contribution in [2.24, 2.45) is 0 Å². The molecule has 0 aliphatic carbocycles. The zero-order valence-electron chi connectivity index (χ0n) is 14.0. The van der Waals surface area contributed by atoms with Crippen molar-refractivity contribution in [2.75, 3.05) is 26.2 Å². The van der Waals surface area contributed by atoms with Crippen LogP contribution in [0.15, 0.2) is 12.2 Å². The minimum absolute atomic E-state index is 0.558. The lowest BCUT2D eigenvalue weighted by Gasteiger charge is -2.38. The standard InChI is InChI=1S/C12H28N.C4H4O4/c1-5-9-13(10-6-2,11-7-3)12-8-4;5-3(6)1-2-4(7)8/h5-12H2,1-4H3;1-2H,(H,5,6)(H,7,8)/q+1;/b;2-1+. The van der Waals surface area contributed by atoms with Crippen LogP contribution in [-0.2, 0) is 9.59 Å². The van der Waals surface area contributed by atoms with Gasteiger partial charge in [-0.1, -0.05) is 27.7 Å². The lowest BCUT2D eigenvalue weighted by atomic mass is 10.2. The number of hydrogen-bond donors (Lipinski definition) is 2. The van der Waals surface area contributed by atoms with Gasteiger partial charge in [0.2, 0.25) is 0 Å². The smallest absolute Gasteiger partial charge is 0.328 e. The van der Waals surface area contributed by atoms with Crippen molar-refractivity contribution in [1.82, 2.24) is 0 Å². The van der Waals surface area contributed by atoms with Crippen molar-refractivity contribution < 1.29 is 24.3 Å². The van der Waals surface area contributed by atoms with Crippen LogP contribution in [0.3, 0.4) is 0 Å². The van der Waals surface area contributed by atoms with E-state index in [-0.39, 0.29) is 0 Å². The molecule has 0 saturated carbocycles. The summed E-state index contributed by atoms with van der Waals surface area (Å²) >= 11 is 0. The predicted octanol–water partition coefficient (Wildman–Crippen LogP) is 3.16. The molecule has 0 heterocycles. The first-order valence-corrected chi connectivity index (χ1v) is 7.86. The lowest BCUT2D eigenvalue weighted by Crippen LogP contribution is -2.50. The number of carboxylic acids is 2. The number of rotatable bonds is 10. The van der Waals surface area contributed by atoms with Gasteiger partial charge in [-0.3, -0.25) is 0 Å². The monoisotopic (exact) mass is 302 g/mol. The predicted molar refractivity (Wildman–Crippen MR) is 85.3 cm³/mol. The fraction of sp³-hybridized carbons (Fsp3) is 0.750. The molecule has 2 N–H and O–H groups in total. The van der Waals surface area contributed by atoms with Gasteiger partial charge in [0.05, 0.1) is 26.2 Å². The molecule has 0 saturated heterocycles. The third-order valence-electron chi connectivity index (χ3n) is 3.16. The molecule has 0 fully saturated rings. The molecule has 5 nitrogen and oxygen atoms in total. The van der Waals surface area contributed by atoms with E-state index in [4.69, 9.17) is 10.2 Å². The molecule has 0 radical (unpaired) electrons. The molecule has 0 aliphatic rings. The maximum Gasteiger partial charge on any atom is 0.328 e. The maximum atomic E-state index is 9.55. The molecule has 0 bridgehead atoms. The average Bonchev–Trinajstić information content (AvgIpc) is 2.38. The van der Waals surface area contributed by atoms with E-state index in [1.165, 1.54) is 56.3 Å². The summed E-state index contributed by atoms with van der Waals surface area (Å²) in [6.07, 6.45) is 6.45. The number of aliphatic carboxylic acids is 2. The van der Waals surface area contributed by atoms with E-state index in [1.54, 1.807) is 0 Å². The Hall–Kier alpha value is -1.36. The summed E-state index contributed by atoms with van der Waals surface area (Å²) in [5.41, 5.74) is 0. The van der Waals surface area contributed by atoms with Crippen molar-refractivity contribution in [3.8, 4) is 0 Å². The highest BCUT2D eigenvalue weighted by molar-refractivity contribution is 5.89. The van der Waals surface area contributed by atoms with Crippen LogP contribution in [0.2, 0.25) is 0 Å². The fourth-order valence-electron chi connectivity index (χ4n) is 2.71. The Balaban J connectivity index is 0. The Kier molecular flexibility index (Phi) is 14.2. The van der Waals surface area contributed by atoms with E-state index in [0.29, 0.717) is 12.2 Å². The molecule has 124 valence electrons. The van der Waals surface area contributed by atoms with E-state index in [1.807, 2.05) is 0 Å². The SMILES string of the molecule is CCC[N+](CCC)(CCC)CCC.O=C(O)/C=C/C(=O)O. The van der Waals surface area contributed by atoms with Crippen LogP contribution in [0, 0.1) is 0 Å². The molecule has 0 amide bonds. The minimum Gasteiger partial charge on any atom is -0.478 e. The van der Waals surface area contributed by atoms with Crippen LogP contribution < -0.4 is 0 Å². The number of carbonyl (C=O) groups is 2. The van der Waals surface area contributed by atoms with Crippen LogP contribution in [0.1, 0.15) is 53.4 Å². The molecule has 0 atom stereocenters. The zero-order chi connectivity index (χ0) is 16.7. The highest BCUT2D eigenvalue weighted by atomic mass is 16.4. The Morgan fingerprint density at radius 3 is 1.10 bits per heavy atom. The molecule has 0 spiro atoms. The molecule has 0 rings (SSSR count). The maximum absolute atomic E-state index is 9.55. The van der Waals surface area contributed by atoms with Gasteiger partial charge < -0.3 is 14.7 Å². The molecule has 0 aliphatic heterocycles. The molecule has 0 aromatic heterocycles. The number of carboxylic acid groups (broad SMARTS) is 2. The Bertz CT molecular complexity index is 268. The van der Waals surface area contributed by atoms with Gasteiger partial charge in [0.15, 0.2) is 0 Å². The van der Waals surface area contributed by atoms with Gasteiger partial charge in [-0.25, -0.2) is 9.59 Å². The largest absolute Gasteiger partial charge is 0.478 e. The minimum atomic E-state index is -1.26. The van der Waals surface area contributed by atoms with E-state index < -0.39 is 11.9 Å². The average molecular weight is 302 g/mol. The second-order valence-corrected chi connectivity index (χ2v) is 5.25. The third-order valence-corrected chi connectivity index (χ3v) is 3.16. The fourth-order valence-corrected chi connectivity index (χ4v) is 2.71. The van der Waals surface area contributed by atoms with E-state index >= 15 is 0 Å². The first-order chi connectivity index (χ1) is 9.87.